The molecule has 1 unspecified atom stereocenters. The summed E-state index contributed by atoms with van der Waals surface area (Å²) in [5.74, 6) is 0.210. The third-order valence-corrected chi connectivity index (χ3v) is 3.31. The van der Waals surface area contributed by atoms with Crippen molar-refractivity contribution in [3.05, 3.63) is 72.3 Å². The summed E-state index contributed by atoms with van der Waals surface area (Å²) in [6.07, 6.45) is 6.18. The topological polar surface area (TPSA) is 55.9 Å². The largest absolute Gasteiger partial charge is 0.380 e. The molecule has 0 saturated carbocycles. The molecule has 1 N–H and O–H groups in total. The van der Waals surface area contributed by atoms with Gasteiger partial charge in [0.05, 0.1) is 6.54 Å². The number of rotatable bonds is 5. The summed E-state index contributed by atoms with van der Waals surface area (Å²) in [5, 5.41) is 14.5. The molecule has 0 amide bonds. The summed E-state index contributed by atoms with van der Waals surface area (Å²) in [7, 11) is 0. The van der Waals surface area contributed by atoms with Gasteiger partial charge < -0.3 is 9.67 Å². The van der Waals surface area contributed by atoms with E-state index in [1.807, 2.05) is 27.7 Å². The van der Waals surface area contributed by atoms with Crippen molar-refractivity contribution in [3.8, 4) is 0 Å². The number of hydrogen-bond acceptors (Lipinski definition) is 3. The average molecular weight is 286 g/mol. The van der Waals surface area contributed by atoms with Gasteiger partial charge in [-0.2, -0.15) is 5.10 Å². The first-order valence-electron chi connectivity index (χ1n) is 6.66. The fourth-order valence-electron chi connectivity index (χ4n) is 2.19. The van der Waals surface area contributed by atoms with Gasteiger partial charge in [0.1, 0.15) is 17.7 Å². The Hall–Kier alpha value is -2.47. The smallest absolute Gasteiger partial charge is 0.142 e. The van der Waals surface area contributed by atoms with E-state index in [1.54, 1.807) is 24.5 Å². The lowest BCUT2D eigenvalue weighted by Crippen LogP contribution is -2.13. The number of benzene rings is 1. The zero-order chi connectivity index (χ0) is 14.7. The van der Waals surface area contributed by atoms with Crippen molar-refractivity contribution in [2.75, 3.05) is 0 Å². The highest BCUT2D eigenvalue weighted by Gasteiger charge is 2.16. The molecule has 5 nitrogen and oxygen atoms in total. The third kappa shape index (κ3) is 3.00. The van der Waals surface area contributed by atoms with Crippen molar-refractivity contribution in [2.24, 2.45) is 0 Å². The van der Waals surface area contributed by atoms with Crippen molar-refractivity contribution < 1.29 is 9.50 Å². The fourth-order valence-corrected chi connectivity index (χ4v) is 2.19. The van der Waals surface area contributed by atoms with E-state index in [1.165, 1.54) is 12.1 Å². The number of nitrogens with zero attached hydrogens (tertiary/aromatic N) is 4. The van der Waals surface area contributed by atoms with E-state index >= 15 is 0 Å². The molecule has 0 spiro atoms. The van der Waals surface area contributed by atoms with Crippen molar-refractivity contribution in [1.29, 1.82) is 0 Å². The molecule has 1 atom stereocenters. The molecule has 0 radical (unpaired) electrons. The van der Waals surface area contributed by atoms with Crippen LogP contribution in [-0.2, 0) is 13.1 Å². The van der Waals surface area contributed by atoms with Gasteiger partial charge in [-0.25, -0.2) is 9.37 Å². The SMILES string of the molecule is OC(c1ccc(F)cc1)c1nccn1CCn1cccn1. The zero-order valence-electron chi connectivity index (χ0n) is 11.3. The normalized spacial score (nSPS) is 12.5. The molecular weight excluding hydrogens is 271 g/mol. The second-order valence-corrected chi connectivity index (χ2v) is 4.70. The van der Waals surface area contributed by atoms with Crippen LogP contribution in [0.1, 0.15) is 17.5 Å². The molecular formula is C15H15FN4O. The Morgan fingerprint density at radius 3 is 2.62 bits per heavy atom. The second kappa shape index (κ2) is 5.88. The number of aliphatic hydroxyl groups is 1. The van der Waals surface area contributed by atoms with Gasteiger partial charge in [0.25, 0.3) is 0 Å². The average Bonchev–Trinajstić information content (AvgIpc) is 3.16. The van der Waals surface area contributed by atoms with Crippen molar-refractivity contribution in [2.45, 2.75) is 19.2 Å². The highest BCUT2D eigenvalue weighted by Crippen LogP contribution is 2.20. The van der Waals surface area contributed by atoms with E-state index in [0.717, 1.165) is 0 Å². The van der Waals surface area contributed by atoms with Crippen LogP contribution >= 0.6 is 0 Å². The third-order valence-electron chi connectivity index (χ3n) is 3.31. The van der Waals surface area contributed by atoms with E-state index in [9.17, 15) is 9.50 Å². The number of halogens is 1. The Morgan fingerprint density at radius 1 is 1.10 bits per heavy atom. The highest BCUT2D eigenvalue weighted by molar-refractivity contribution is 5.23. The van der Waals surface area contributed by atoms with E-state index in [0.29, 0.717) is 24.5 Å². The molecule has 0 aliphatic rings. The molecule has 0 aliphatic carbocycles. The number of aromatic nitrogens is 4. The summed E-state index contributed by atoms with van der Waals surface area (Å²) in [6.45, 7) is 1.34. The summed E-state index contributed by atoms with van der Waals surface area (Å²) < 4.78 is 16.6. The molecule has 108 valence electrons. The first kappa shape index (κ1) is 13.5. The Balaban J connectivity index is 1.76. The molecule has 0 bridgehead atoms. The van der Waals surface area contributed by atoms with E-state index in [2.05, 4.69) is 10.1 Å². The molecule has 0 saturated heterocycles. The van der Waals surface area contributed by atoms with Crippen LogP contribution in [0.25, 0.3) is 0 Å². The fraction of sp³-hybridized carbons (Fsp3) is 0.200. The van der Waals surface area contributed by atoms with Crippen LogP contribution < -0.4 is 0 Å². The van der Waals surface area contributed by atoms with Crippen LogP contribution in [-0.4, -0.2) is 24.4 Å². The van der Waals surface area contributed by atoms with E-state index in [4.69, 9.17) is 0 Å². The van der Waals surface area contributed by atoms with Gasteiger partial charge in [-0.15, -0.1) is 0 Å². The maximum atomic E-state index is 12.9. The molecule has 2 heterocycles. The predicted molar refractivity (Wildman–Crippen MR) is 74.9 cm³/mol. The van der Waals surface area contributed by atoms with Gasteiger partial charge in [0, 0.05) is 31.3 Å². The van der Waals surface area contributed by atoms with Gasteiger partial charge in [-0.3, -0.25) is 4.68 Å². The van der Waals surface area contributed by atoms with Gasteiger partial charge in [0.15, 0.2) is 0 Å². The Kier molecular flexibility index (Phi) is 3.79. The lowest BCUT2D eigenvalue weighted by molar-refractivity contribution is 0.203. The monoisotopic (exact) mass is 286 g/mol. The summed E-state index contributed by atoms with van der Waals surface area (Å²) in [6, 6.07) is 7.65. The molecule has 3 aromatic rings. The Morgan fingerprint density at radius 2 is 1.90 bits per heavy atom. The van der Waals surface area contributed by atoms with Crippen LogP contribution in [0.4, 0.5) is 4.39 Å². The standard InChI is InChI=1S/C15H15FN4O/c16-13-4-2-12(3-5-13)14(21)15-17-7-9-19(15)10-11-20-8-1-6-18-20/h1-9,14,21H,10-11H2. The summed E-state index contributed by atoms with van der Waals surface area (Å²) >= 11 is 0. The van der Waals surface area contributed by atoms with Gasteiger partial charge in [-0.1, -0.05) is 12.1 Å². The minimum absolute atomic E-state index is 0.326. The number of aryl methyl sites for hydroxylation is 2. The van der Waals surface area contributed by atoms with Crippen molar-refractivity contribution in [1.82, 2.24) is 19.3 Å². The zero-order valence-corrected chi connectivity index (χ0v) is 11.3. The molecule has 1 aromatic carbocycles. The minimum Gasteiger partial charge on any atom is -0.380 e. The Bertz CT molecular complexity index is 691. The molecule has 0 fully saturated rings. The van der Waals surface area contributed by atoms with Crippen LogP contribution in [0.2, 0.25) is 0 Å². The molecule has 21 heavy (non-hydrogen) atoms. The number of hydrogen-bond donors (Lipinski definition) is 1. The van der Waals surface area contributed by atoms with E-state index in [-0.39, 0.29) is 5.82 Å². The summed E-state index contributed by atoms with van der Waals surface area (Å²) in [5.41, 5.74) is 0.614. The Labute approximate surface area is 121 Å². The minimum atomic E-state index is -0.877. The molecule has 0 aliphatic heterocycles. The molecule has 2 aromatic heterocycles. The van der Waals surface area contributed by atoms with Crippen LogP contribution in [0, 0.1) is 5.82 Å². The molecule has 6 heteroatoms. The number of aliphatic hydroxyl groups excluding tert-OH is 1. The van der Waals surface area contributed by atoms with Gasteiger partial charge >= 0.3 is 0 Å². The van der Waals surface area contributed by atoms with Gasteiger partial charge in [-0.05, 0) is 23.8 Å². The second-order valence-electron chi connectivity index (χ2n) is 4.70. The maximum Gasteiger partial charge on any atom is 0.142 e. The maximum absolute atomic E-state index is 12.9. The number of imidazole rings is 1. The highest BCUT2D eigenvalue weighted by atomic mass is 19.1. The lowest BCUT2D eigenvalue weighted by atomic mass is 10.1. The van der Waals surface area contributed by atoms with Crippen LogP contribution in [0.15, 0.2) is 55.1 Å². The van der Waals surface area contributed by atoms with Crippen LogP contribution in [0.3, 0.4) is 0 Å². The predicted octanol–water partition coefficient (Wildman–Crippen LogP) is 2.00. The summed E-state index contributed by atoms with van der Waals surface area (Å²) in [4.78, 5) is 4.20. The van der Waals surface area contributed by atoms with Crippen LogP contribution in [0.5, 0.6) is 0 Å². The lowest BCUT2D eigenvalue weighted by Gasteiger charge is -2.13. The van der Waals surface area contributed by atoms with Crippen molar-refractivity contribution >= 4 is 0 Å². The molecule has 3 rings (SSSR count). The quantitative estimate of drug-likeness (QED) is 0.780. The van der Waals surface area contributed by atoms with E-state index < -0.39 is 6.10 Å². The first-order valence-corrected chi connectivity index (χ1v) is 6.66. The van der Waals surface area contributed by atoms with Gasteiger partial charge in [0.2, 0.25) is 0 Å². The van der Waals surface area contributed by atoms with Crippen molar-refractivity contribution in [3.63, 3.8) is 0 Å². The first-order chi connectivity index (χ1) is 10.2.